The molecule has 3 N–H and O–H groups in total. The van der Waals surface area contributed by atoms with E-state index in [0.717, 1.165) is 11.5 Å². The highest BCUT2D eigenvalue weighted by molar-refractivity contribution is 5.75. The number of nitrogens with two attached hydrogens (primary N) is 1. The van der Waals surface area contributed by atoms with E-state index in [1.54, 1.807) is 11.6 Å². The number of aromatic nitrogens is 2. The van der Waals surface area contributed by atoms with Crippen molar-refractivity contribution in [3.8, 4) is 0 Å². The molecule has 0 fully saturated rings. The number of imidazole rings is 1. The third kappa shape index (κ3) is 2.32. The van der Waals surface area contributed by atoms with Crippen LogP contribution in [-0.4, -0.2) is 22.5 Å². The van der Waals surface area contributed by atoms with Crippen LogP contribution in [0.4, 0.5) is 0 Å². The van der Waals surface area contributed by atoms with Crippen LogP contribution in [0.5, 0.6) is 0 Å². The van der Waals surface area contributed by atoms with Crippen molar-refractivity contribution in [3.63, 3.8) is 0 Å². The predicted molar refractivity (Wildman–Crippen MR) is 53.6 cm³/mol. The van der Waals surface area contributed by atoms with Gasteiger partial charge in [-0.25, -0.2) is 4.98 Å². The highest BCUT2D eigenvalue weighted by Crippen LogP contribution is 2.08. The minimum atomic E-state index is -0.0976. The van der Waals surface area contributed by atoms with Crippen molar-refractivity contribution in [2.75, 3.05) is 7.05 Å². The van der Waals surface area contributed by atoms with Gasteiger partial charge in [-0.05, 0) is 13.8 Å². The molecule has 0 aliphatic heterocycles. The molecule has 1 aromatic heterocycles. The number of nitrogens with zero attached hydrogens (tertiary/aromatic N) is 2. The first kappa shape index (κ1) is 10.7. The molecule has 5 nitrogen and oxygen atoms in total. The van der Waals surface area contributed by atoms with E-state index >= 15 is 0 Å². The molecule has 1 heterocycles. The third-order valence-electron chi connectivity index (χ3n) is 2.05. The molecule has 1 rings (SSSR count). The van der Waals surface area contributed by atoms with Crippen molar-refractivity contribution in [1.82, 2.24) is 14.9 Å². The number of hydrogen-bond donors (Lipinski definition) is 2. The van der Waals surface area contributed by atoms with Crippen molar-refractivity contribution in [1.29, 1.82) is 0 Å². The fourth-order valence-electron chi connectivity index (χ4n) is 1.15. The van der Waals surface area contributed by atoms with Gasteiger partial charge >= 0.3 is 0 Å². The maximum absolute atomic E-state index is 11.1. The van der Waals surface area contributed by atoms with Crippen LogP contribution in [0, 0.1) is 6.92 Å². The zero-order valence-corrected chi connectivity index (χ0v) is 8.74. The predicted octanol–water partition coefficient (Wildman–Crippen LogP) is -0.0428. The van der Waals surface area contributed by atoms with E-state index in [4.69, 9.17) is 5.73 Å². The summed E-state index contributed by atoms with van der Waals surface area (Å²) >= 11 is 0. The van der Waals surface area contributed by atoms with Crippen LogP contribution >= 0.6 is 0 Å². The topological polar surface area (TPSA) is 72.9 Å². The monoisotopic (exact) mass is 196 g/mol. The average Bonchev–Trinajstić information content (AvgIpc) is 2.48. The number of hydrogen-bond acceptors (Lipinski definition) is 3. The molecule has 1 aromatic rings. The Morgan fingerprint density at radius 3 is 2.86 bits per heavy atom. The Balaban J connectivity index is 2.82. The number of nitrogens with one attached hydrogen (secondary N) is 1. The molecular weight excluding hydrogens is 180 g/mol. The molecule has 1 atom stereocenters. The lowest BCUT2D eigenvalue weighted by atomic mass is 10.3. The molecule has 78 valence electrons. The van der Waals surface area contributed by atoms with Gasteiger partial charge in [-0.3, -0.25) is 4.79 Å². The van der Waals surface area contributed by atoms with Gasteiger partial charge in [0.1, 0.15) is 12.4 Å². The van der Waals surface area contributed by atoms with Crippen LogP contribution in [-0.2, 0) is 11.3 Å². The van der Waals surface area contributed by atoms with E-state index in [1.807, 2.05) is 20.0 Å². The molecule has 14 heavy (non-hydrogen) atoms. The summed E-state index contributed by atoms with van der Waals surface area (Å²) in [4.78, 5) is 15.4. The van der Waals surface area contributed by atoms with Crippen LogP contribution in [0.3, 0.4) is 0 Å². The minimum Gasteiger partial charge on any atom is -0.358 e. The summed E-state index contributed by atoms with van der Waals surface area (Å²) in [6.45, 7) is 4.02. The van der Waals surface area contributed by atoms with Gasteiger partial charge in [0.25, 0.3) is 0 Å². The normalized spacial score (nSPS) is 12.6. The summed E-state index contributed by atoms with van der Waals surface area (Å²) < 4.78 is 1.79. The summed E-state index contributed by atoms with van der Waals surface area (Å²) in [5.74, 6) is 0.766. The Hall–Kier alpha value is -1.36. The molecule has 0 aliphatic rings. The summed E-state index contributed by atoms with van der Waals surface area (Å²) in [7, 11) is 1.61. The Morgan fingerprint density at radius 2 is 2.43 bits per heavy atom. The smallest absolute Gasteiger partial charge is 0.239 e. The molecule has 0 saturated heterocycles. The first-order valence-corrected chi connectivity index (χ1v) is 4.54. The quantitative estimate of drug-likeness (QED) is 0.712. The van der Waals surface area contributed by atoms with Crippen molar-refractivity contribution in [2.24, 2.45) is 5.73 Å². The number of carbonyl (C=O) groups excluding carboxylic acids is 1. The van der Waals surface area contributed by atoms with Crippen molar-refractivity contribution in [2.45, 2.75) is 26.4 Å². The minimum absolute atomic E-state index is 0.0401. The maximum atomic E-state index is 11.1. The van der Waals surface area contributed by atoms with Crippen LogP contribution in [0.25, 0.3) is 0 Å². The lowest BCUT2D eigenvalue weighted by Gasteiger charge is -2.02. The van der Waals surface area contributed by atoms with Gasteiger partial charge in [0.2, 0.25) is 5.91 Å². The van der Waals surface area contributed by atoms with Gasteiger partial charge < -0.3 is 15.6 Å². The van der Waals surface area contributed by atoms with E-state index in [9.17, 15) is 4.79 Å². The number of likely N-dealkylation sites (N-methyl/N-ethyl adjacent to an activating group) is 1. The van der Waals surface area contributed by atoms with Crippen molar-refractivity contribution < 1.29 is 4.79 Å². The Kier molecular flexibility index (Phi) is 3.24. The number of amides is 1. The second-order valence-electron chi connectivity index (χ2n) is 3.30. The van der Waals surface area contributed by atoms with E-state index in [1.165, 1.54) is 0 Å². The van der Waals surface area contributed by atoms with Crippen LogP contribution < -0.4 is 11.1 Å². The number of carbonyl (C=O) groups is 1. The molecule has 0 radical (unpaired) electrons. The molecule has 0 bridgehead atoms. The van der Waals surface area contributed by atoms with Crippen molar-refractivity contribution in [3.05, 3.63) is 17.7 Å². The summed E-state index contributed by atoms with van der Waals surface area (Å²) in [6, 6.07) is -0.0976. The van der Waals surface area contributed by atoms with Gasteiger partial charge in [0.05, 0.1) is 5.69 Å². The van der Waals surface area contributed by atoms with Gasteiger partial charge in [0.15, 0.2) is 0 Å². The molecule has 5 heteroatoms. The van der Waals surface area contributed by atoms with E-state index < -0.39 is 0 Å². The fourth-order valence-corrected chi connectivity index (χ4v) is 1.15. The molecular formula is C9H16N4O. The maximum Gasteiger partial charge on any atom is 0.239 e. The fraction of sp³-hybridized carbons (Fsp3) is 0.556. The summed E-state index contributed by atoms with van der Waals surface area (Å²) in [6.07, 6.45) is 1.81. The van der Waals surface area contributed by atoms with Gasteiger partial charge in [-0.2, -0.15) is 0 Å². The first-order valence-electron chi connectivity index (χ1n) is 4.54. The van der Waals surface area contributed by atoms with E-state index in [-0.39, 0.29) is 11.9 Å². The highest BCUT2D eigenvalue weighted by atomic mass is 16.1. The summed E-state index contributed by atoms with van der Waals surface area (Å²) in [5.41, 5.74) is 6.49. The zero-order valence-electron chi connectivity index (χ0n) is 8.74. The van der Waals surface area contributed by atoms with Crippen LogP contribution in [0.15, 0.2) is 6.20 Å². The Labute approximate surface area is 83.3 Å². The molecule has 0 aromatic carbocycles. The number of aryl methyl sites for hydroxylation is 1. The largest absolute Gasteiger partial charge is 0.358 e. The Morgan fingerprint density at radius 1 is 1.79 bits per heavy atom. The second-order valence-corrected chi connectivity index (χ2v) is 3.30. The van der Waals surface area contributed by atoms with Gasteiger partial charge in [0, 0.05) is 19.3 Å². The SMILES string of the molecule is CNC(=O)Cn1cc([C@H](C)N)nc1C. The third-order valence-corrected chi connectivity index (χ3v) is 2.05. The lowest BCUT2D eigenvalue weighted by Crippen LogP contribution is -2.23. The first-order chi connectivity index (χ1) is 6.54. The Bertz CT molecular complexity index is 330. The van der Waals surface area contributed by atoms with Gasteiger partial charge in [-0.1, -0.05) is 0 Å². The summed E-state index contributed by atoms with van der Waals surface area (Å²) in [5, 5.41) is 2.56. The lowest BCUT2D eigenvalue weighted by molar-refractivity contribution is -0.121. The number of rotatable bonds is 3. The van der Waals surface area contributed by atoms with Crippen LogP contribution in [0.1, 0.15) is 24.5 Å². The average molecular weight is 196 g/mol. The standard InChI is InChI=1S/C9H16N4O/c1-6(10)8-4-13(7(2)12-8)5-9(14)11-3/h4,6H,5,10H2,1-3H3,(H,11,14)/t6-/m0/s1. The van der Waals surface area contributed by atoms with E-state index in [2.05, 4.69) is 10.3 Å². The zero-order chi connectivity index (χ0) is 10.7. The van der Waals surface area contributed by atoms with E-state index in [0.29, 0.717) is 6.54 Å². The molecule has 0 saturated carbocycles. The van der Waals surface area contributed by atoms with Crippen LogP contribution in [0.2, 0.25) is 0 Å². The molecule has 1 amide bonds. The van der Waals surface area contributed by atoms with Crippen molar-refractivity contribution >= 4 is 5.91 Å². The van der Waals surface area contributed by atoms with Gasteiger partial charge in [-0.15, -0.1) is 0 Å². The molecule has 0 aliphatic carbocycles. The molecule has 0 unspecified atom stereocenters. The molecule has 0 spiro atoms. The highest BCUT2D eigenvalue weighted by Gasteiger charge is 2.09. The second kappa shape index (κ2) is 4.23.